The molecule has 0 radical (unpaired) electrons. The summed E-state index contributed by atoms with van der Waals surface area (Å²) in [5.41, 5.74) is 4.51. The molecule has 0 aliphatic carbocycles. The lowest BCUT2D eigenvalue weighted by Crippen LogP contribution is -2.07. The van der Waals surface area contributed by atoms with Crippen LogP contribution in [0.2, 0.25) is 0 Å². The third kappa shape index (κ3) is 3.27. The third-order valence-corrected chi connectivity index (χ3v) is 4.51. The number of amides is 1. The van der Waals surface area contributed by atoms with Crippen molar-refractivity contribution >= 4 is 28.7 Å². The van der Waals surface area contributed by atoms with Gasteiger partial charge in [-0.25, -0.2) is 4.79 Å². The van der Waals surface area contributed by atoms with Gasteiger partial charge in [0, 0.05) is 29.2 Å². The van der Waals surface area contributed by atoms with E-state index in [4.69, 9.17) is 4.52 Å². The summed E-state index contributed by atoms with van der Waals surface area (Å²) in [4.78, 5) is 28.9. The van der Waals surface area contributed by atoms with E-state index in [1.165, 1.54) is 6.08 Å². The summed E-state index contributed by atoms with van der Waals surface area (Å²) in [6.45, 7) is 5.78. The Labute approximate surface area is 159 Å². The predicted octanol–water partition coefficient (Wildman–Crippen LogP) is 3.21. The first-order valence-electron chi connectivity index (χ1n) is 8.74. The number of hydrogen-bond acceptors (Lipinski definition) is 4. The van der Waals surface area contributed by atoms with Crippen molar-refractivity contribution in [3.8, 4) is 5.82 Å². The van der Waals surface area contributed by atoms with Crippen molar-refractivity contribution in [2.75, 3.05) is 5.32 Å². The minimum absolute atomic E-state index is 0.265. The van der Waals surface area contributed by atoms with Crippen LogP contribution >= 0.6 is 0 Å². The van der Waals surface area contributed by atoms with Crippen molar-refractivity contribution < 1.29 is 9.32 Å². The second-order valence-corrected chi connectivity index (χ2v) is 6.62. The van der Waals surface area contributed by atoms with Crippen LogP contribution in [0.5, 0.6) is 0 Å². The van der Waals surface area contributed by atoms with E-state index in [0.717, 1.165) is 22.7 Å². The summed E-state index contributed by atoms with van der Waals surface area (Å²) in [6, 6.07) is 9.02. The maximum absolute atomic E-state index is 12.3. The Kier molecular flexibility index (Phi) is 4.23. The topological polar surface area (TPSA) is 109 Å². The number of anilines is 1. The fraction of sp³-hybridized carbons (Fsp3) is 0.150. The Balaban J connectivity index is 1.53. The molecule has 8 heteroatoms. The van der Waals surface area contributed by atoms with E-state index >= 15 is 0 Å². The lowest BCUT2D eigenvalue weighted by Gasteiger charge is -2.04. The molecule has 0 saturated heterocycles. The van der Waals surface area contributed by atoms with Crippen LogP contribution in [0.15, 0.2) is 45.7 Å². The Morgan fingerprint density at radius 1 is 1.14 bits per heavy atom. The van der Waals surface area contributed by atoms with E-state index in [0.29, 0.717) is 22.5 Å². The first kappa shape index (κ1) is 17.6. The van der Waals surface area contributed by atoms with E-state index in [2.05, 4.69) is 20.4 Å². The van der Waals surface area contributed by atoms with Crippen molar-refractivity contribution in [1.29, 1.82) is 0 Å². The van der Waals surface area contributed by atoms with Gasteiger partial charge in [0.2, 0.25) is 5.91 Å². The predicted molar refractivity (Wildman–Crippen MR) is 107 cm³/mol. The molecule has 0 bridgehead atoms. The molecular weight excluding hydrogens is 358 g/mol. The summed E-state index contributed by atoms with van der Waals surface area (Å²) in [5.74, 6) is 1.18. The van der Waals surface area contributed by atoms with Crippen LogP contribution in [0.3, 0.4) is 0 Å². The molecule has 0 saturated carbocycles. The van der Waals surface area contributed by atoms with Gasteiger partial charge in [0.15, 0.2) is 5.82 Å². The number of aryl methyl sites for hydroxylation is 2. The number of aromatic nitrogens is 4. The van der Waals surface area contributed by atoms with Gasteiger partial charge < -0.3 is 19.8 Å². The molecule has 28 heavy (non-hydrogen) atoms. The van der Waals surface area contributed by atoms with Gasteiger partial charge in [0.05, 0.1) is 11.0 Å². The maximum Gasteiger partial charge on any atom is 0.323 e. The summed E-state index contributed by atoms with van der Waals surface area (Å²) in [7, 11) is 0. The monoisotopic (exact) mass is 377 g/mol. The number of fused-ring (bicyclic) bond motifs is 1. The summed E-state index contributed by atoms with van der Waals surface area (Å²) in [6.07, 6.45) is 3.24. The number of H-pyrrole nitrogens is 2. The number of benzene rings is 1. The Bertz CT molecular complexity index is 1270. The van der Waals surface area contributed by atoms with Gasteiger partial charge in [-0.05, 0) is 56.7 Å². The third-order valence-electron chi connectivity index (χ3n) is 4.51. The smallest absolute Gasteiger partial charge is 0.323 e. The number of carbonyl (C=O) groups excluding carboxylic acids is 1. The van der Waals surface area contributed by atoms with Gasteiger partial charge in [-0.15, -0.1) is 0 Å². The quantitative estimate of drug-likeness (QED) is 0.475. The second-order valence-electron chi connectivity index (χ2n) is 6.62. The summed E-state index contributed by atoms with van der Waals surface area (Å²) in [5, 5.41) is 6.85. The Morgan fingerprint density at radius 3 is 2.68 bits per heavy atom. The van der Waals surface area contributed by atoms with E-state index in [9.17, 15) is 9.59 Å². The molecule has 0 atom stereocenters. The van der Waals surface area contributed by atoms with Gasteiger partial charge in [-0.3, -0.25) is 9.36 Å². The average molecular weight is 377 g/mol. The molecule has 0 aliphatic rings. The van der Waals surface area contributed by atoms with Crippen LogP contribution in [0, 0.1) is 20.8 Å². The standard InChI is InChI=1S/C20H19N5O3/c1-11-8-14(13(3)25(11)18-9-12(2)28-24-18)4-7-19(26)21-15-5-6-16-17(10-15)23-20(27)22-16/h4-10H,1-3H3,(H,21,26)(H2,22,23,27)/b7-4+. The van der Waals surface area contributed by atoms with Crippen LogP contribution in [-0.2, 0) is 4.79 Å². The van der Waals surface area contributed by atoms with Crippen LogP contribution in [-0.4, -0.2) is 25.6 Å². The molecular formula is C20H19N5O3. The molecule has 0 spiro atoms. The Morgan fingerprint density at radius 2 is 1.93 bits per heavy atom. The highest BCUT2D eigenvalue weighted by molar-refractivity contribution is 6.02. The molecule has 1 amide bonds. The Hall–Kier alpha value is -3.81. The maximum atomic E-state index is 12.3. The summed E-state index contributed by atoms with van der Waals surface area (Å²) < 4.78 is 7.13. The van der Waals surface area contributed by atoms with Gasteiger partial charge in [0.1, 0.15) is 5.76 Å². The molecule has 142 valence electrons. The van der Waals surface area contributed by atoms with Gasteiger partial charge in [-0.2, -0.15) is 0 Å². The highest BCUT2D eigenvalue weighted by Crippen LogP contribution is 2.22. The zero-order valence-electron chi connectivity index (χ0n) is 15.7. The van der Waals surface area contributed by atoms with E-state index in [1.807, 2.05) is 37.5 Å². The number of imidazole rings is 1. The van der Waals surface area contributed by atoms with E-state index in [-0.39, 0.29) is 11.6 Å². The number of hydrogen-bond donors (Lipinski definition) is 3. The number of nitrogens with zero attached hydrogens (tertiary/aromatic N) is 2. The molecule has 4 aromatic rings. The lowest BCUT2D eigenvalue weighted by atomic mass is 10.2. The highest BCUT2D eigenvalue weighted by Gasteiger charge is 2.12. The highest BCUT2D eigenvalue weighted by atomic mass is 16.5. The molecule has 0 unspecified atom stereocenters. The average Bonchev–Trinajstić information content (AvgIpc) is 3.29. The van der Waals surface area contributed by atoms with Gasteiger partial charge >= 0.3 is 5.69 Å². The zero-order chi connectivity index (χ0) is 19.8. The largest absolute Gasteiger partial charge is 0.360 e. The van der Waals surface area contributed by atoms with E-state index < -0.39 is 0 Å². The van der Waals surface area contributed by atoms with E-state index in [1.54, 1.807) is 24.3 Å². The van der Waals surface area contributed by atoms with Crippen molar-refractivity contribution in [3.05, 3.63) is 69.6 Å². The fourth-order valence-corrected chi connectivity index (χ4v) is 3.23. The molecule has 1 aromatic carbocycles. The number of carbonyl (C=O) groups is 1. The number of rotatable bonds is 4. The van der Waals surface area contributed by atoms with Crippen molar-refractivity contribution in [2.24, 2.45) is 0 Å². The SMILES string of the molecule is Cc1cc(-n2c(C)cc(/C=C/C(=O)Nc3ccc4[nH]c(=O)[nH]c4c3)c2C)no1. The van der Waals surface area contributed by atoms with Crippen molar-refractivity contribution in [3.63, 3.8) is 0 Å². The molecule has 8 nitrogen and oxygen atoms in total. The fourth-order valence-electron chi connectivity index (χ4n) is 3.23. The van der Waals surface area contributed by atoms with Gasteiger partial charge in [0.25, 0.3) is 0 Å². The van der Waals surface area contributed by atoms with Crippen molar-refractivity contribution in [1.82, 2.24) is 19.7 Å². The minimum atomic E-state index is -0.281. The molecule has 3 heterocycles. The normalized spacial score (nSPS) is 11.5. The molecule has 3 N–H and O–H groups in total. The van der Waals surface area contributed by atoms with Crippen LogP contribution in [0.4, 0.5) is 5.69 Å². The first-order valence-corrected chi connectivity index (χ1v) is 8.74. The molecule has 0 fully saturated rings. The molecule has 0 aliphatic heterocycles. The van der Waals surface area contributed by atoms with Crippen molar-refractivity contribution in [2.45, 2.75) is 20.8 Å². The number of aromatic amines is 2. The van der Waals surface area contributed by atoms with Gasteiger partial charge in [-0.1, -0.05) is 5.16 Å². The second kappa shape index (κ2) is 6.73. The lowest BCUT2D eigenvalue weighted by molar-refractivity contribution is -0.111. The molecule has 4 rings (SSSR count). The van der Waals surface area contributed by atoms with Crippen LogP contribution in [0.25, 0.3) is 22.9 Å². The van der Waals surface area contributed by atoms with Crippen LogP contribution < -0.4 is 11.0 Å². The number of nitrogens with one attached hydrogen (secondary N) is 3. The molecule has 3 aromatic heterocycles. The first-order chi connectivity index (χ1) is 13.4. The minimum Gasteiger partial charge on any atom is -0.360 e. The van der Waals surface area contributed by atoms with Crippen LogP contribution in [0.1, 0.15) is 22.7 Å². The summed E-state index contributed by atoms with van der Waals surface area (Å²) >= 11 is 0. The zero-order valence-corrected chi connectivity index (χ0v) is 15.7.